The molecular formula is C20H14N2O4S2. The molecule has 1 N–H and O–H groups in total. The molecule has 0 aliphatic carbocycles. The second kappa shape index (κ2) is 8.61. The van der Waals surface area contributed by atoms with Crippen LogP contribution in [0, 0.1) is 11.3 Å². The second-order valence-corrected chi connectivity index (χ2v) is 7.53. The summed E-state index contributed by atoms with van der Waals surface area (Å²) in [5, 5.41) is 15.4. The number of benzene rings is 1. The number of nitriles is 1. The van der Waals surface area contributed by atoms with E-state index in [0.717, 1.165) is 0 Å². The molecule has 0 aliphatic heterocycles. The maximum Gasteiger partial charge on any atom is 0.339 e. The second-order valence-electron chi connectivity index (χ2n) is 5.66. The molecule has 1 amide bonds. The van der Waals surface area contributed by atoms with Gasteiger partial charge in [-0.15, -0.1) is 22.7 Å². The van der Waals surface area contributed by atoms with Crippen molar-refractivity contribution in [3.63, 3.8) is 0 Å². The number of carbonyl (C=O) groups excluding carboxylic acids is 3. The van der Waals surface area contributed by atoms with Gasteiger partial charge in [0.05, 0.1) is 16.0 Å². The van der Waals surface area contributed by atoms with Gasteiger partial charge >= 0.3 is 5.97 Å². The van der Waals surface area contributed by atoms with Crippen LogP contribution in [0.3, 0.4) is 0 Å². The molecule has 8 heteroatoms. The van der Waals surface area contributed by atoms with E-state index in [0.29, 0.717) is 15.4 Å². The fourth-order valence-electron chi connectivity index (χ4n) is 2.38. The van der Waals surface area contributed by atoms with Gasteiger partial charge in [0.15, 0.2) is 6.10 Å². The fraction of sp³-hybridized carbons (Fsp3) is 0.100. The van der Waals surface area contributed by atoms with Crippen LogP contribution >= 0.6 is 22.7 Å². The van der Waals surface area contributed by atoms with E-state index in [4.69, 9.17) is 10.00 Å². The molecule has 2 heterocycles. The van der Waals surface area contributed by atoms with E-state index in [2.05, 4.69) is 5.32 Å². The lowest BCUT2D eigenvalue weighted by Gasteiger charge is -2.14. The zero-order valence-electron chi connectivity index (χ0n) is 14.7. The Balaban J connectivity index is 1.73. The molecule has 0 bridgehead atoms. The topological polar surface area (TPSA) is 96.3 Å². The van der Waals surface area contributed by atoms with Crippen molar-refractivity contribution in [1.82, 2.24) is 0 Å². The number of nitrogens with one attached hydrogen (secondary N) is 1. The van der Waals surface area contributed by atoms with Crippen molar-refractivity contribution in [2.45, 2.75) is 13.0 Å². The standard InChI is InChI=1S/C20H14N2O4S2/c1-12(18(24)22-19-13(11-21)8-10-28-19)26-20(25)15-6-3-2-5-14(15)17(23)16-7-4-9-27-16/h2-10,12H,1H3,(H,22,24)/t12-/m1/s1. The molecule has 0 fully saturated rings. The number of amides is 1. The molecule has 0 radical (unpaired) electrons. The maximum atomic E-state index is 12.6. The number of nitrogens with zero attached hydrogens (tertiary/aromatic N) is 1. The summed E-state index contributed by atoms with van der Waals surface area (Å²) in [7, 11) is 0. The van der Waals surface area contributed by atoms with Gasteiger partial charge in [-0.1, -0.05) is 24.3 Å². The van der Waals surface area contributed by atoms with Gasteiger partial charge in [0.2, 0.25) is 5.78 Å². The molecule has 1 aromatic carbocycles. The lowest BCUT2D eigenvalue weighted by Crippen LogP contribution is -2.30. The lowest BCUT2D eigenvalue weighted by atomic mass is 10.0. The van der Waals surface area contributed by atoms with Gasteiger partial charge in [0.25, 0.3) is 5.91 Å². The number of esters is 1. The number of ether oxygens (including phenoxy) is 1. The van der Waals surface area contributed by atoms with Crippen LogP contribution in [-0.4, -0.2) is 23.8 Å². The summed E-state index contributed by atoms with van der Waals surface area (Å²) >= 11 is 2.48. The van der Waals surface area contributed by atoms with Gasteiger partial charge in [-0.3, -0.25) is 9.59 Å². The van der Waals surface area contributed by atoms with Gasteiger partial charge in [-0.25, -0.2) is 4.79 Å². The van der Waals surface area contributed by atoms with Crippen LogP contribution in [0.15, 0.2) is 53.2 Å². The highest BCUT2D eigenvalue weighted by atomic mass is 32.1. The molecular weight excluding hydrogens is 396 g/mol. The minimum Gasteiger partial charge on any atom is -0.449 e. The smallest absolute Gasteiger partial charge is 0.339 e. The first-order valence-electron chi connectivity index (χ1n) is 8.18. The third-order valence-corrected chi connectivity index (χ3v) is 5.51. The van der Waals surface area contributed by atoms with Gasteiger partial charge in [0.1, 0.15) is 11.1 Å². The van der Waals surface area contributed by atoms with Crippen LogP contribution in [0.5, 0.6) is 0 Å². The van der Waals surface area contributed by atoms with Gasteiger partial charge in [0, 0.05) is 5.56 Å². The highest BCUT2D eigenvalue weighted by Crippen LogP contribution is 2.23. The quantitative estimate of drug-likeness (QED) is 0.488. The van der Waals surface area contributed by atoms with E-state index in [9.17, 15) is 14.4 Å². The van der Waals surface area contributed by atoms with E-state index >= 15 is 0 Å². The zero-order valence-corrected chi connectivity index (χ0v) is 16.3. The Morgan fingerprint density at radius 2 is 1.79 bits per heavy atom. The van der Waals surface area contributed by atoms with Crippen molar-refractivity contribution < 1.29 is 19.1 Å². The largest absolute Gasteiger partial charge is 0.449 e. The van der Waals surface area contributed by atoms with Crippen molar-refractivity contribution >= 4 is 45.3 Å². The molecule has 1 atom stereocenters. The summed E-state index contributed by atoms with van der Waals surface area (Å²) in [6.45, 7) is 1.43. The van der Waals surface area contributed by atoms with E-state index < -0.39 is 18.0 Å². The average molecular weight is 410 g/mol. The Labute approximate surface area is 169 Å². The Morgan fingerprint density at radius 1 is 1.04 bits per heavy atom. The third kappa shape index (κ3) is 4.17. The van der Waals surface area contributed by atoms with Crippen molar-refractivity contribution in [2.75, 3.05) is 5.32 Å². The molecule has 2 aromatic heterocycles. The maximum absolute atomic E-state index is 12.6. The minimum atomic E-state index is -1.11. The van der Waals surface area contributed by atoms with Crippen molar-refractivity contribution in [1.29, 1.82) is 5.26 Å². The van der Waals surface area contributed by atoms with Crippen LogP contribution < -0.4 is 5.32 Å². The van der Waals surface area contributed by atoms with Crippen LogP contribution in [0.25, 0.3) is 0 Å². The predicted octanol–water partition coefficient (Wildman–Crippen LogP) is 4.10. The van der Waals surface area contributed by atoms with Crippen molar-refractivity contribution in [3.8, 4) is 6.07 Å². The molecule has 28 heavy (non-hydrogen) atoms. The number of rotatable bonds is 6. The van der Waals surface area contributed by atoms with E-state index in [1.807, 2.05) is 6.07 Å². The summed E-state index contributed by atoms with van der Waals surface area (Å²) in [5.74, 6) is -1.61. The molecule has 3 rings (SSSR count). The van der Waals surface area contributed by atoms with Crippen molar-refractivity contribution in [2.24, 2.45) is 0 Å². The molecule has 0 aliphatic rings. The number of hydrogen-bond donors (Lipinski definition) is 1. The number of carbonyl (C=O) groups is 3. The SMILES string of the molecule is C[C@@H](OC(=O)c1ccccc1C(=O)c1cccs1)C(=O)Nc1sccc1C#N. The Hall–Kier alpha value is -3.28. The summed E-state index contributed by atoms with van der Waals surface area (Å²) in [6.07, 6.45) is -1.11. The lowest BCUT2D eigenvalue weighted by molar-refractivity contribution is -0.123. The molecule has 0 spiro atoms. The number of hydrogen-bond acceptors (Lipinski definition) is 7. The first-order chi connectivity index (χ1) is 13.5. The van der Waals surface area contributed by atoms with Crippen LogP contribution in [0.4, 0.5) is 5.00 Å². The van der Waals surface area contributed by atoms with E-state index in [-0.39, 0.29) is 16.9 Å². The first-order valence-corrected chi connectivity index (χ1v) is 9.94. The van der Waals surface area contributed by atoms with E-state index in [1.165, 1.54) is 35.7 Å². The highest BCUT2D eigenvalue weighted by Gasteiger charge is 2.24. The first kappa shape index (κ1) is 19.5. The van der Waals surface area contributed by atoms with Gasteiger partial charge in [-0.05, 0) is 35.9 Å². The summed E-state index contributed by atoms with van der Waals surface area (Å²) in [6, 6.07) is 13.3. The molecule has 6 nitrogen and oxygen atoms in total. The minimum absolute atomic E-state index is 0.0920. The van der Waals surface area contributed by atoms with E-state index in [1.54, 1.807) is 47.2 Å². The third-order valence-electron chi connectivity index (χ3n) is 3.81. The molecule has 0 saturated heterocycles. The van der Waals surface area contributed by atoms with Crippen LogP contribution in [-0.2, 0) is 9.53 Å². The van der Waals surface area contributed by atoms with Gasteiger partial charge < -0.3 is 10.1 Å². The zero-order chi connectivity index (χ0) is 20.1. The number of anilines is 1. The van der Waals surface area contributed by atoms with Crippen molar-refractivity contribution in [3.05, 3.63) is 74.8 Å². The predicted molar refractivity (Wildman–Crippen MR) is 107 cm³/mol. The normalized spacial score (nSPS) is 11.3. The Bertz CT molecular complexity index is 1060. The summed E-state index contributed by atoms with van der Waals surface area (Å²) < 4.78 is 5.25. The fourth-order valence-corrected chi connectivity index (χ4v) is 3.80. The number of thiophene rings is 2. The number of ketones is 1. The van der Waals surface area contributed by atoms with Crippen LogP contribution in [0.1, 0.15) is 38.1 Å². The molecule has 3 aromatic rings. The summed E-state index contributed by atoms with van der Waals surface area (Å²) in [4.78, 5) is 38.0. The summed E-state index contributed by atoms with van der Waals surface area (Å²) in [5.41, 5.74) is 0.644. The molecule has 0 saturated carbocycles. The monoisotopic (exact) mass is 410 g/mol. The Kier molecular flexibility index (Phi) is 5.99. The molecule has 140 valence electrons. The average Bonchev–Trinajstić information content (AvgIpc) is 3.39. The Morgan fingerprint density at radius 3 is 2.46 bits per heavy atom. The van der Waals surface area contributed by atoms with Crippen LogP contribution in [0.2, 0.25) is 0 Å². The molecule has 0 unspecified atom stereocenters. The highest BCUT2D eigenvalue weighted by molar-refractivity contribution is 7.14. The van der Waals surface area contributed by atoms with Gasteiger partial charge in [-0.2, -0.15) is 5.26 Å².